The molecule has 1 aliphatic carbocycles. The number of hydrazine groups is 2. The summed E-state index contributed by atoms with van der Waals surface area (Å²) < 4.78 is 15.9. The highest BCUT2D eigenvalue weighted by molar-refractivity contribution is 6.10. The van der Waals surface area contributed by atoms with Crippen LogP contribution in [0.3, 0.4) is 0 Å². The van der Waals surface area contributed by atoms with Crippen molar-refractivity contribution in [2.75, 3.05) is 20.8 Å². The van der Waals surface area contributed by atoms with Crippen molar-refractivity contribution in [3.63, 3.8) is 0 Å². The Morgan fingerprint density at radius 2 is 1.96 bits per heavy atom. The lowest BCUT2D eigenvalue weighted by Gasteiger charge is -2.15. The second-order valence-electron chi connectivity index (χ2n) is 5.79. The van der Waals surface area contributed by atoms with Crippen LogP contribution in [0.2, 0.25) is 0 Å². The standard InChI is InChI=1S/C19H20N4O5/c1-26-16-6-3-11(7-17(16)27-2)14-9-21-23-19(14)13-5-4-12(8-15(13)24)28-10-18(25)22-20/h3-9,21,23H,10,20H2,1-2H3,(H,22,25)/b19-13-. The van der Waals surface area contributed by atoms with E-state index in [4.69, 9.17) is 20.1 Å². The van der Waals surface area contributed by atoms with Crippen molar-refractivity contribution in [1.82, 2.24) is 16.3 Å². The maximum absolute atomic E-state index is 12.6. The topological polar surface area (TPSA) is 124 Å². The fourth-order valence-corrected chi connectivity index (χ4v) is 2.75. The third kappa shape index (κ3) is 3.84. The Labute approximate surface area is 161 Å². The number of nitrogens with two attached hydrogens (primary N) is 1. The number of hydrogen-bond donors (Lipinski definition) is 4. The smallest absolute Gasteiger partial charge is 0.271 e. The molecule has 1 aliphatic heterocycles. The first-order chi connectivity index (χ1) is 13.6. The van der Waals surface area contributed by atoms with Gasteiger partial charge in [-0.15, -0.1) is 0 Å². The van der Waals surface area contributed by atoms with E-state index in [1.54, 1.807) is 38.6 Å². The molecule has 0 fully saturated rings. The third-order valence-electron chi connectivity index (χ3n) is 4.13. The van der Waals surface area contributed by atoms with Crippen molar-refractivity contribution >= 4 is 17.3 Å². The van der Waals surface area contributed by atoms with Gasteiger partial charge >= 0.3 is 0 Å². The minimum Gasteiger partial charge on any atom is -0.493 e. The van der Waals surface area contributed by atoms with Crippen LogP contribution in [0.15, 0.2) is 59.7 Å². The Morgan fingerprint density at radius 3 is 2.64 bits per heavy atom. The summed E-state index contributed by atoms with van der Waals surface area (Å²) in [5.74, 6) is 5.71. The second-order valence-corrected chi connectivity index (χ2v) is 5.79. The highest BCUT2D eigenvalue weighted by Crippen LogP contribution is 2.34. The summed E-state index contributed by atoms with van der Waals surface area (Å²) in [5.41, 5.74) is 10.5. The second kappa shape index (κ2) is 8.31. The molecular weight excluding hydrogens is 364 g/mol. The molecule has 0 atom stereocenters. The van der Waals surface area contributed by atoms with E-state index >= 15 is 0 Å². The molecule has 9 nitrogen and oxygen atoms in total. The van der Waals surface area contributed by atoms with Crippen LogP contribution < -0.4 is 31.6 Å². The van der Waals surface area contributed by atoms with Crippen LogP contribution >= 0.6 is 0 Å². The molecule has 1 heterocycles. The molecule has 1 amide bonds. The van der Waals surface area contributed by atoms with Crippen LogP contribution in [-0.2, 0) is 14.3 Å². The van der Waals surface area contributed by atoms with Crippen molar-refractivity contribution in [2.24, 2.45) is 5.84 Å². The lowest BCUT2D eigenvalue weighted by molar-refractivity contribution is -0.124. The minimum absolute atomic E-state index is 0.261. The quantitative estimate of drug-likeness (QED) is 0.241. The van der Waals surface area contributed by atoms with Crippen LogP contribution in [0.25, 0.3) is 5.57 Å². The molecule has 0 saturated heterocycles. The predicted octanol–water partition coefficient (Wildman–Crippen LogP) is 0.436. The van der Waals surface area contributed by atoms with E-state index in [0.29, 0.717) is 22.8 Å². The highest BCUT2D eigenvalue weighted by Gasteiger charge is 2.23. The van der Waals surface area contributed by atoms with Gasteiger partial charge in [-0.05, 0) is 29.8 Å². The lowest BCUT2D eigenvalue weighted by Crippen LogP contribution is -2.33. The lowest BCUT2D eigenvalue weighted by atomic mass is 9.96. The molecule has 3 rings (SSSR count). The van der Waals surface area contributed by atoms with E-state index < -0.39 is 5.91 Å². The van der Waals surface area contributed by atoms with Crippen LogP contribution in [0.5, 0.6) is 11.5 Å². The van der Waals surface area contributed by atoms with Crippen molar-refractivity contribution < 1.29 is 23.8 Å². The Balaban J connectivity index is 1.86. The van der Waals surface area contributed by atoms with E-state index in [1.165, 1.54) is 6.08 Å². The molecule has 0 unspecified atom stereocenters. The van der Waals surface area contributed by atoms with E-state index in [1.807, 2.05) is 17.6 Å². The van der Waals surface area contributed by atoms with Gasteiger partial charge in [0.15, 0.2) is 23.9 Å². The molecule has 9 heteroatoms. The van der Waals surface area contributed by atoms with Gasteiger partial charge in [-0.3, -0.25) is 20.4 Å². The summed E-state index contributed by atoms with van der Waals surface area (Å²) in [6.07, 6.45) is 6.31. The molecule has 0 aromatic heterocycles. The van der Waals surface area contributed by atoms with Crippen molar-refractivity contribution in [2.45, 2.75) is 0 Å². The van der Waals surface area contributed by atoms with Gasteiger partial charge in [0.05, 0.1) is 19.9 Å². The monoisotopic (exact) mass is 384 g/mol. The molecule has 1 aromatic carbocycles. The summed E-state index contributed by atoms with van der Waals surface area (Å²) in [5, 5.41) is 0. The van der Waals surface area contributed by atoms with Crippen LogP contribution in [0.4, 0.5) is 0 Å². The SMILES string of the molecule is COc1ccc(C2=CNN/C2=C2/C=CC(OCC(=O)NN)=CC2=O)cc1OC. The van der Waals surface area contributed by atoms with E-state index in [0.717, 1.165) is 11.1 Å². The number of allylic oxidation sites excluding steroid dienone is 5. The first-order valence-corrected chi connectivity index (χ1v) is 8.32. The molecular formula is C19H20N4O5. The highest BCUT2D eigenvalue weighted by atomic mass is 16.5. The maximum Gasteiger partial charge on any atom is 0.271 e. The molecule has 1 aromatic rings. The number of methoxy groups -OCH3 is 2. The largest absolute Gasteiger partial charge is 0.493 e. The number of carbonyl (C=O) groups is 2. The van der Waals surface area contributed by atoms with E-state index in [-0.39, 0.29) is 18.1 Å². The number of amides is 1. The number of nitrogens with one attached hydrogen (secondary N) is 3. The molecule has 0 saturated carbocycles. The van der Waals surface area contributed by atoms with Crippen LogP contribution in [-0.4, -0.2) is 32.5 Å². The van der Waals surface area contributed by atoms with E-state index in [9.17, 15) is 9.59 Å². The number of benzene rings is 1. The summed E-state index contributed by atoms with van der Waals surface area (Å²) in [6, 6.07) is 5.49. The first-order valence-electron chi connectivity index (χ1n) is 8.32. The Kier molecular flexibility index (Phi) is 5.66. The van der Waals surface area contributed by atoms with E-state index in [2.05, 4.69) is 10.9 Å². The molecule has 0 spiro atoms. The third-order valence-corrected chi connectivity index (χ3v) is 4.13. The maximum atomic E-state index is 12.6. The number of ketones is 1. The summed E-state index contributed by atoms with van der Waals surface area (Å²) >= 11 is 0. The van der Waals surface area contributed by atoms with Crippen molar-refractivity contribution in [1.29, 1.82) is 0 Å². The predicted molar refractivity (Wildman–Crippen MR) is 101 cm³/mol. The van der Waals surface area contributed by atoms with Crippen LogP contribution in [0.1, 0.15) is 5.56 Å². The minimum atomic E-state index is -0.494. The van der Waals surface area contributed by atoms with Crippen LogP contribution in [0, 0.1) is 0 Å². The molecule has 0 bridgehead atoms. The summed E-state index contributed by atoms with van der Waals surface area (Å²) in [7, 11) is 3.13. The van der Waals surface area contributed by atoms with Crippen molar-refractivity contribution in [3.05, 3.63) is 65.2 Å². The van der Waals surface area contributed by atoms with Gasteiger partial charge < -0.3 is 19.6 Å². The van der Waals surface area contributed by atoms with Gasteiger partial charge in [0.2, 0.25) is 0 Å². The zero-order chi connectivity index (χ0) is 20.1. The molecule has 146 valence electrons. The molecule has 28 heavy (non-hydrogen) atoms. The average molecular weight is 384 g/mol. The Morgan fingerprint density at radius 1 is 1.18 bits per heavy atom. The molecule has 5 N–H and O–H groups in total. The summed E-state index contributed by atoms with van der Waals surface area (Å²) in [6.45, 7) is -0.275. The Bertz CT molecular complexity index is 930. The number of rotatable bonds is 6. The zero-order valence-corrected chi connectivity index (χ0v) is 15.4. The molecule has 0 radical (unpaired) electrons. The zero-order valence-electron chi connectivity index (χ0n) is 15.4. The van der Waals surface area contributed by atoms with Gasteiger partial charge in [0.25, 0.3) is 5.91 Å². The number of carbonyl (C=O) groups excluding carboxylic acids is 2. The number of ether oxygens (including phenoxy) is 3. The summed E-state index contributed by atoms with van der Waals surface area (Å²) in [4.78, 5) is 23.7. The van der Waals surface area contributed by atoms with Gasteiger partial charge in [-0.2, -0.15) is 0 Å². The number of hydrogen-bond acceptors (Lipinski definition) is 8. The van der Waals surface area contributed by atoms with Gasteiger partial charge in [-0.25, -0.2) is 5.84 Å². The average Bonchev–Trinajstić information content (AvgIpc) is 3.20. The normalized spacial score (nSPS) is 17.9. The first kappa shape index (κ1) is 19.1. The van der Waals surface area contributed by atoms with Crippen molar-refractivity contribution in [3.8, 4) is 11.5 Å². The van der Waals surface area contributed by atoms with Gasteiger partial charge in [-0.1, -0.05) is 6.07 Å². The molecule has 2 aliphatic rings. The fourth-order valence-electron chi connectivity index (χ4n) is 2.75. The fraction of sp³-hybridized carbons (Fsp3) is 0.158. The Hall–Kier alpha value is -3.72. The van der Waals surface area contributed by atoms with Gasteiger partial charge in [0.1, 0.15) is 5.76 Å². The van der Waals surface area contributed by atoms with Gasteiger partial charge in [0, 0.05) is 23.4 Å².